The molecule has 7 nitrogen and oxygen atoms in total. The zero-order valence-electron chi connectivity index (χ0n) is 11.8. The maximum absolute atomic E-state index is 11.7. The van der Waals surface area contributed by atoms with Gasteiger partial charge < -0.3 is 10.4 Å². The molecule has 0 heterocycles. The van der Waals surface area contributed by atoms with Gasteiger partial charge in [0, 0.05) is 12.1 Å². The lowest BCUT2D eigenvalue weighted by Gasteiger charge is -2.10. The average molecular weight is 314 g/mol. The van der Waals surface area contributed by atoms with Crippen LogP contribution in [0.1, 0.15) is 29.8 Å². The van der Waals surface area contributed by atoms with Crippen LogP contribution < -0.4 is 10.0 Å². The third-order valence-electron chi connectivity index (χ3n) is 2.81. The number of carboxylic acids is 1. The number of hydrogen-bond acceptors (Lipinski definition) is 4. The molecule has 0 aromatic heterocycles. The highest BCUT2D eigenvalue weighted by Crippen LogP contribution is 2.05. The van der Waals surface area contributed by atoms with Crippen LogP contribution in [0, 0.1) is 0 Å². The number of sulfonamides is 1. The molecule has 21 heavy (non-hydrogen) atoms. The molecule has 3 N–H and O–H groups in total. The lowest BCUT2D eigenvalue weighted by atomic mass is 10.1. The van der Waals surface area contributed by atoms with Gasteiger partial charge in [0.2, 0.25) is 10.0 Å². The van der Waals surface area contributed by atoms with Crippen molar-refractivity contribution in [3.63, 3.8) is 0 Å². The molecule has 0 saturated heterocycles. The fourth-order valence-electron chi connectivity index (χ4n) is 1.41. The highest BCUT2D eigenvalue weighted by atomic mass is 32.2. The molecular formula is C13H18N2O5S. The van der Waals surface area contributed by atoms with E-state index < -0.39 is 27.9 Å². The summed E-state index contributed by atoms with van der Waals surface area (Å²) in [6.07, 6.45) is 0. The van der Waals surface area contributed by atoms with E-state index in [1.807, 2.05) is 0 Å². The molecule has 0 saturated carbocycles. The Morgan fingerprint density at radius 1 is 1.24 bits per heavy atom. The standard InChI is InChI=1S/C13H18N2O5S/c1-3-21(19,20)14-8-10-4-6-11(7-5-10)12(16)15-9(2)13(17)18/h4-7,9,14H,3,8H2,1-2H3,(H,15,16)(H,17,18)/t9-/m0/s1. The fourth-order valence-corrected chi connectivity index (χ4v) is 2.00. The first kappa shape index (κ1) is 17.1. The van der Waals surface area contributed by atoms with Crippen LogP contribution in [0.5, 0.6) is 0 Å². The minimum absolute atomic E-state index is 0.000562. The van der Waals surface area contributed by atoms with Crippen molar-refractivity contribution in [3.05, 3.63) is 35.4 Å². The summed E-state index contributed by atoms with van der Waals surface area (Å²) >= 11 is 0. The summed E-state index contributed by atoms with van der Waals surface area (Å²) in [5, 5.41) is 11.0. The number of hydrogen-bond donors (Lipinski definition) is 3. The van der Waals surface area contributed by atoms with E-state index in [0.29, 0.717) is 11.1 Å². The number of carbonyl (C=O) groups excluding carboxylic acids is 1. The molecule has 1 rings (SSSR count). The largest absolute Gasteiger partial charge is 0.480 e. The lowest BCUT2D eigenvalue weighted by Crippen LogP contribution is -2.38. The van der Waals surface area contributed by atoms with Gasteiger partial charge in [-0.1, -0.05) is 12.1 Å². The van der Waals surface area contributed by atoms with Gasteiger partial charge in [-0.2, -0.15) is 0 Å². The maximum atomic E-state index is 11.7. The quantitative estimate of drug-likeness (QED) is 0.671. The zero-order valence-corrected chi connectivity index (χ0v) is 12.6. The summed E-state index contributed by atoms with van der Waals surface area (Å²) in [4.78, 5) is 22.4. The van der Waals surface area contributed by atoms with E-state index in [4.69, 9.17) is 5.11 Å². The lowest BCUT2D eigenvalue weighted by molar-refractivity contribution is -0.138. The Balaban J connectivity index is 2.66. The van der Waals surface area contributed by atoms with Gasteiger partial charge in [-0.3, -0.25) is 9.59 Å². The molecular weight excluding hydrogens is 296 g/mol. The third kappa shape index (κ3) is 5.52. The van der Waals surface area contributed by atoms with Gasteiger partial charge in [0.15, 0.2) is 0 Å². The van der Waals surface area contributed by atoms with Crippen LogP contribution in [-0.2, 0) is 21.4 Å². The van der Waals surface area contributed by atoms with Gasteiger partial charge in [-0.25, -0.2) is 13.1 Å². The Labute approximate surface area is 123 Å². The minimum atomic E-state index is -3.26. The fraction of sp³-hybridized carbons (Fsp3) is 0.385. The number of carbonyl (C=O) groups is 2. The Hall–Kier alpha value is -1.93. The van der Waals surface area contributed by atoms with Crippen LogP contribution in [0.25, 0.3) is 0 Å². The summed E-state index contributed by atoms with van der Waals surface area (Å²) in [6.45, 7) is 3.05. The molecule has 0 aliphatic rings. The Morgan fingerprint density at radius 3 is 2.29 bits per heavy atom. The average Bonchev–Trinajstić information content (AvgIpc) is 2.45. The smallest absolute Gasteiger partial charge is 0.325 e. The first-order valence-electron chi connectivity index (χ1n) is 6.35. The second kappa shape index (κ2) is 7.19. The zero-order chi connectivity index (χ0) is 16.0. The monoisotopic (exact) mass is 314 g/mol. The number of benzene rings is 1. The van der Waals surface area contributed by atoms with E-state index in [-0.39, 0.29) is 12.3 Å². The molecule has 1 aromatic carbocycles. The van der Waals surface area contributed by atoms with Gasteiger partial charge in [-0.15, -0.1) is 0 Å². The van der Waals surface area contributed by atoms with Crippen LogP contribution in [0.3, 0.4) is 0 Å². The summed E-state index contributed by atoms with van der Waals surface area (Å²) < 4.78 is 25.0. The van der Waals surface area contributed by atoms with Crippen molar-refractivity contribution < 1.29 is 23.1 Å². The topological polar surface area (TPSA) is 113 Å². The van der Waals surface area contributed by atoms with Gasteiger partial charge in [-0.05, 0) is 31.5 Å². The van der Waals surface area contributed by atoms with Crippen LogP contribution in [-0.4, -0.2) is 37.2 Å². The van der Waals surface area contributed by atoms with Crippen LogP contribution in [0.4, 0.5) is 0 Å². The summed E-state index contributed by atoms with van der Waals surface area (Å²) in [6, 6.07) is 5.27. The van der Waals surface area contributed by atoms with Crippen LogP contribution in [0.15, 0.2) is 24.3 Å². The molecule has 0 bridgehead atoms. The summed E-state index contributed by atoms with van der Waals surface area (Å²) in [7, 11) is -3.26. The van der Waals surface area contributed by atoms with Crippen molar-refractivity contribution in [2.24, 2.45) is 0 Å². The van der Waals surface area contributed by atoms with E-state index in [2.05, 4.69) is 10.0 Å². The van der Waals surface area contributed by atoms with Gasteiger partial charge >= 0.3 is 5.97 Å². The van der Waals surface area contributed by atoms with E-state index in [1.54, 1.807) is 19.1 Å². The number of amides is 1. The predicted molar refractivity (Wildman–Crippen MR) is 77.3 cm³/mol. The Morgan fingerprint density at radius 2 is 1.81 bits per heavy atom. The predicted octanol–water partition coefficient (Wildman–Crippen LogP) is 0.329. The number of aliphatic carboxylic acids is 1. The molecule has 116 valence electrons. The second-order valence-electron chi connectivity index (χ2n) is 4.45. The first-order chi connectivity index (χ1) is 9.75. The van der Waals surface area contributed by atoms with Gasteiger partial charge in [0.1, 0.15) is 6.04 Å². The van der Waals surface area contributed by atoms with Gasteiger partial charge in [0.05, 0.1) is 5.75 Å². The summed E-state index contributed by atoms with van der Waals surface area (Å²) in [5.41, 5.74) is 1.01. The van der Waals surface area contributed by atoms with Crippen molar-refractivity contribution in [1.29, 1.82) is 0 Å². The van der Waals surface area contributed by atoms with E-state index in [0.717, 1.165) is 0 Å². The molecule has 0 radical (unpaired) electrons. The van der Waals surface area contributed by atoms with Crippen molar-refractivity contribution in [3.8, 4) is 0 Å². The van der Waals surface area contributed by atoms with Crippen LogP contribution in [0.2, 0.25) is 0 Å². The molecule has 1 aromatic rings. The first-order valence-corrected chi connectivity index (χ1v) is 8.00. The van der Waals surface area contributed by atoms with Gasteiger partial charge in [0.25, 0.3) is 5.91 Å². The van der Waals surface area contributed by atoms with Crippen molar-refractivity contribution >= 4 is 21.9 Å². The van der Waals surface area contributed by atoms with E-state index in [9.17, 15) is 18.0 Å². The van der Waals surface area contributed by atoms with Crippen molar-refractivity contribution in [1.82, 2.24) is 10.0 Å². The number of carboxylic acid groups (broad SMARTS) is 1. The van der Waals surface area contributed by atoms with Crippen molar-refractivity contribution in [2.75, 3.05) is 5.75 Å². The minimum Gasteiger partial charge on any atom is -0.480 e. The molecule has 1 amide bonds. The Bertz CT molecular complexity index is 610. The Kier molecular flexibility index (Phi) is 5.86. The molecule has 8 heteroatoms. The highest BCUT2D eigenvalue weighted by molar-refractivity contribution is 7.89. The molecule has 0 aliphatic carbocycles. The summed E-state index contributed by atoms with van der Waals surface area (Å²) in [5.74, 6) is -1.61. The SMILES string of the molecule is CCS(=O)(=O)NCc1ccc(C(=O)N[C@@H](C)C(=O)O)cc1. The third-order valence-corrected chi connectivity index (χ3v) is 4.15. The normalized spacial score (nSPS) is 12.7. The molecule has 0 aliphatic heterocycles. The number of rotatable bonds is 7. The van der Waals surface area contributed by atoms with E-state index >= 15 is 0 Å². The number of nitrogens with one attached hydrogen (secondary N) is 2. The molecule has 0 unspecified atom stereocenters. The maximum Gasteiger partial charge on any atom is 0.325 e. The second-order valence-corrected chi connectivity index (χ2v) is 6.55. The van der Waals surface area contributed by atoms with E-state index in [1.165, 1.54) is 19.1 Å². The highest BCUT2D eigenvalue weighted by Gasteiger charge is 2.15. The molecule has 0 spiro atoms. The van der Waals surface area contributed by atoms with Crippen molar-refractivity contribution in [2.45, 2.75) is 26.4 Å². The van der Waals surface area contributed by atoms with Crippen LogP contribution >= 0.6 is 0 Å². The molecule has 1 atom stereocenters. The molecule has 0 fully saturated rings.